The summed E-state index contributed by atoms with van der Waals surface area (Å²) in [6.07, 6.45) is 6.43. The van der Waals surface area contributed by atoms with Crippen LogP contribution in [-0.2, 0) is 12.8 Å². The summed E-state index contributed by atoms with van der Waals surface area (Å²) in [5.41, 5.74) is 4.61. The lowest BCUT2D eigenvalue weighted by atomic mass is 9.86. The zero-order valence-corrected chi connectivity index (χ0v) is 13.7. The molecular formula is C19H25NS. The smallest absolute Gasteiger partial charge is 0.0351 e. The van der Waals surface area contributed by atoms with Crippen LogP contribution in [0.15, 0.2) is 41.1 Å². The van der Waals surface area contributed by atoms with Crippen molar-refractivity contribution in [3.05, 3.63) is 57.8 Å². The summed E-state index contributed by atoms with van der Waals surface area (Å²) in [4.78, 5) is 0. The monoisotopic (exact) mass is 299 g/mol. The van der Waals surface area contributed by atoms with E-state index in [0.717, 1.165) is 12.5 Å². The third-order valence-electron chi connectivity index (χ3n) is 4.69. The first kappa shape index (κ1) is 14.8. The van der Waals surface area contributed by atoms with E-state index in [4.69, 9.17) is 0 Å². The lowest BCUT2D eigenvalue weighted by Gasteiger charge is -2.27. The maximum atomic E-state index is 3.76. The molecule has 1 N–H and O–H groups in total. The van der Waals surface area contributed by atoms with Crippen molar-refractivity contribution in [3.8, 4) is 0 Å². The van der Waals surface area contributed by atoms with Gasteiger partial charge in [0.05, 0.1) is 0 Å². The average molecular weight is 299 g/mol. The minimum absolute atomic E-state index is 0.535. The number of aryl methyl sites for hydroxylation is 2. The number of rotatable bonds is 5. The largest absolute Gasteiger partial charge is 0.310 e. The van der Waals surface area contributed by atoms with Gasteiger partial charge in [-0.1, -0.05) is 31.2 Å². The van der Waals surface area contributed by atoms with Gasteiger partial charge in [0.25, 0.3) is 0 Å². The van der Waals surface area contributed by atoms with Gasteiger partial charge in [-0.25, -0.2) is 0 Å². The minimum Gasteiger partial charge on any atom is -0.310 e. The number of hydrogen-bond donors (Lipinski definition) is 1. The van der Waals surface area contributed by atoms with E-state index in [1.165, 1.54) is 37.7 Å². The number of hydrogen-bond acceptors (Lipinski definition) is 2. The molecule has 21 heavy (non-hydrogen) atoms. The van der Waals surface area contributed by atoms with Crippen molar-refractivity contribution in [2.75, 3.05) is 6.54 Å². The fraction of sp³-hybridized carbons (Fsp3) is 0.474. The standard InChI is InChI=1S/C19H25NS/c1-2-20-19-17(11-10-15-12-13-21-14-15)8-5-7-16-6-3-4-9-18(16)19/h3-4,6,9,12-14,17,19-20H,2,5,7-8,10-11H2,1H3. The van der Waals surface area contributed by atoms with Crippen LogP contribution in [0.25, 0.3) is 0 Å². The van der Waals surface area contributed by atoms with Crippen LogP contribution in [0.4, 0.5) is 0 Å². The Morgan fingerprint density at radius 2 is 2.14 bits per heavy atom. The third-order valence-corrected chi connectivity index (χ3v) is 5.42. The second-order valence-corrected chi connectivity index (χ2v) is 6.84. The molecule has 0 spiro atoms. The van der Waals surface area contributed by atoms with Crippen molar-refractivity contribution >= 4 is 11.3 Å². The third kappa shape index (κ3) is 3.56. The number of benzene rings is 1. The van der Waals surface area contributed by atoms with Gasteiger partial charge in [-0.05, 0) is 78.1 Å². The van der Waals surface area contributed by atoms with Crippen molar-refractivity contribution in [1.82, 2.24) is 5.32 Å². The van der Waals surface area contributed by atoms with Gasteiger partial charge in [0, 0.05) is 6.04 Å². The number of nitrogens with one attached hydrogen (secondary N) is 1. The van der Waals surface area contributed by atoms with E-state index in [2.05, 4.69) is 53.3 Å². The Kier molecular flexibility index (Phi) is 5.10. The first-order valence-electron chi connectivity index (χ1n) is 8.20. The summed E-state index contributed by atoms with van der Waals surface area (Å²) in [5.74, 6) is 0.758. The van der Waals surface area contributed by atoms with E-state index >= 15 is 0 Å². The Bertz CT molecular complexity index is 546. The fourth-order valence-electron chi connectivity index (χ4n) is 3.64. The zero-order chi connectivity index (χ0) is 14.5. The maximum Gasteiger partial charge on any atom is 0.0351 e. The van der Waals surface area contributed by atoms with E-state index in [1.807, 2.05) is 11.3 Å². The lowest BCUT2D eigenvalue weighted by Crippen LogP contribution is -2.28. The van der Waals surface area contributed by atoms with Gasteiger partial charge >= 0.3 is 0 Å². The molecule has 0 aliphatic heterocycles. The van der Waals surface area contributed by atoms with Gasteiger partial charge in [0.15, 0.2) is 0 Å². The van der Waals surface area contributed by atoms with Crippen LogP contribution >= 0.6 is 11.3 Å². The maximum absolute atomic E-state index is 3.76. The lowest BCUT2D eigenvalue weighted by molar-refractivity contribution is 0.329. The number of fused-ring (bicyclic) bond motifs is 1. The second kappa shape index (κ2) is 7.24. The molecule has 0 radical (unpaired) electrons. The molecule has 2 atom stereocenters. The van der Waals surface area contributed by atoms with Crippen LogP contribution in [0.5, 0.6) is 0 Å². The zero-order valence-electron chi connectivity index (χ0n) is 12.8. The van der Waals surface area contributed by atoms with Gasteiger partial charge in [-0.2, -0.15) is 11.3 Å². The Morgan fingerprint density at radius 3 is 2.95 bits per heavy atom. The molecule has 0 fully saturated rings. The first-order chi connectivity index (χ1) is 10.4. The minimum atomic E-state index is 0.535. The molecule has 0 bridgehead atoms. The van der Waals surface area contributed by atoms with E-state index in [1.54, 1.807) is 11.1 Å². The molecule has 0 amide bonds. The highest BCUT2D eigenvalue weighted by molar-refractivity contribution is 7.07. The molecule has 1 nitrogen and oxygen atoms in total. The molecule has 0 saturated heterocycles. The predicted octanol–water partition coefficient (Wildman–Crippen LogP) is 4.98. The molecule has 1 aromatic carbocycles. The molecule has 1 heterocycles. The summed E-state index contributed by atoms with van der Waals surface area (Å²) in [6.45, 7) is 3.28. The molecule has 2 aromatic rings. The summed E-state index contributed by atoms with van der Waals surface area (Å²) in [5, 5.41) is 8.26. The molecule has 1 aromatic heterocycles. The molecule has 112 valence electrons. The Hall–Kier alpha value is -1.12. The first-order valence-corrected chi connectivity index (χ1v) is 9.15. The highest BCUT2D eigenvalue weighted by atomic mass is 32.1. The van der Waals surface area contributed by atoms with Crippen molar-refractivity contribution in [1.29, 1.82) is 0 Å². The van der Waals surface area contributed by atoms with E-state index < -0.39 is 0 Å². The Balaban J connectivity index is 1.78. The molecule has 2 heteroatoms. The number of thiophene rings is 1. The van der Waals surface area contributed by atoms with Crippen LogP contribution in [0, 0.1) is 5.92 Å². The topological polar surface area (TPSA) is 12.0 Å². The van der Waals surface area contributed by atoms with Gasteiger partial charge in [0.1, 0.15) is 0 Å². The summed E-state index contributed by atoms with van der Waals surface area (Å²) < 4.78 is 0. The van der Waals surface area contributed by atoms with Gasteiger partial charge in [-0.3, -0.25) is 0 Å². The van der Waals surface area contributed by atoms with Gasteiger partial charge in [-0.15, -0.1) is 0 Å². The normalized spacial score (nSPS) is 21.8. The Morgan fingerprint density at radius 1 is 1.24 bits per heavy atom. The van der Waals surface area contributed by atoms with Crippen LogP contribution in [0.3, 0.4) is 0 Å². The fourth-order valence-corrected chi connectivity index (χ4v) is 4.34. The SMILES string of the molecule is CCNC1c2ccccc2CCCC1CCc1ccsc1. The molecule has 0 saturated carbocycles. The van der Waals surface area contributed by atoms with Crippen LogP contribution in [0.1, 0.15) is 48.9 Å². The Labute approximate surface area is 132 Å². The van der Waals surface area contributed by atoms with Gasteiger partial charge in [0.2, 0.25) is 0 Å². The van der Waals surface area contributed by atoms with Crippen molar-refractivity contribution in [2.24, 2.45) is 5.92 Å². The van der Waals surface area contributed by atoms with Crippen LogP contribution in [-0.4, -0.2) is 6.54 Å². The average Bonchev–Trinajstić information content (AvgIpc) is 2.96. The molecule has 3 rings (SSSR count). The van der Waals surface area contributed by atoms with E-state index in [0.29, 0.717) is 6.04 Å². The molecule has 1 aliphatic rings. The van der Waals surface area contributed by atoms with E-state index in [-0.39, 0.29) is 0 Å². The van der Waals surface area contributed by atoms with Gasteiger partial charge < -0.3 is 5.32 Å². The summed E-state index contributed by atoms with van der Waals surface area (Å²) in [6, 6.07) is 11.9. The summed E-state index contributed by atoms with van der Waals surface area (Å²) >= 11 is 1.81. The summed E-state index contributed by atoms with van der Waals surface area (Å²) in [7, 11) is 0. The van der Waals surface area contributed by atoms with Crippen molar-refractivity contribution in [2.45, 2.75) is 45.1 Å². The molecular weight excluding hydrogens is 274 g/mol. The highest BCUT2D eigenvalue weighted by Gasteiger charge is 2.26. The predicted molar refractivity (Wildman–Crippen MR) is 91.9 cm³/mol. The van der Waals surface area contributed by atoms with Crippen molar-refractivity contribution < 1.29 is 0 Å². The molecule has 2 unspecified atom stereocenters. The van der Waals surface area contributed by atoms with Crippen molar-refractivity contribution in [3.63, 3.8) is 0 Å². The quantitative estimate of drug-likeness (QED) is 0.767. The van der Waals surface area contributed by atoms with E-state index in [9.17, 15) is 0 Å². The second-order valence-electron chi connectivity index (χ2n) is 6.06. The highest BCUT2D eigenvalue weighted by Crippen LogP contribution is 2.35. The van der Waals surface area contributed by atoms with Crippen LogP contribution in [0.2, 0.25) is 0 Å². The molecule has 1 aliphatic carbocycles. The van der Waals surface area contributed by atoms with Crippen LogP contribution < -0.4 is 5.32 Å².